The van der Waals surface area contributed by atoms with Gasteiger partial charge in [0.2, 0.25) is 5.91 Å². The number of halogens is 3. The van der Waals surface area contributed by atoms with E-state index in [1.807, 2.05) is 34.0 Å². The number of amidine groups is 1. The molecule has 0 bridgehead atoms. The van der Waals surface area contributed by atoms with Gasteiger partial charge >= 0.3 is 0 Å². The summed E-state index contributed by atoms with van der Waals surface area (Å²) in [7, 11) is 3.88. The second kappa shape index (κ2) is 31.8. The van der Waals surface area contributed by atoms with Crippen LogP contribution in [0.15, 0.2) is 23.2 Å². The van der Waals surface area contributed by atoms with Crippen LogP contribution in [0.2, 0.25) is 10.0 Å². The van der Waals surface area contributed by atoms with Crippen molar-refractivity contribution in [3.05, 3.63) is 28.2 Å². The molecule has 0 heterocycles. The fourth-order valence-electron chi connectivity index (χ4n) is 2.75. The Morgan fingerprint density at radius 1 is 1.00 bits per heavy atom. The summed E-state index contributed by atoms with van der Waals surface area (Å²) in [5.74, 6) is 0.148. The number of carbonyl (C=O) groups excluding carboxylic acids is 2. The summed E-state index contributed by atoms with van der Waals surface area (Å²) < 4.78 is 18.7. The first-order valence-electron chi connectivity index (χ1n) is 13.7. The van der Waals surface area contributed by atoms with Crippen LogP contribution in [0.3, 0.4) is 0 Å². The van der Waals surface area contributed by atoms with E-state index in [1.54, 1.807) is 12.1 Å². The van der Waals surface area contributed by atoms with Crippen LogP contribution in [-0.4, -0.2) is 109 Å². The van der Waals surface area contributed by atoms with E-state index < -0.39 is 0 Å². The molecule has 0 aliphatic carbocycles. The van der Waals surface area contributed by atoms with Gasteiger partial charge in [-0.2, -0.15) is 0 Å². The molecule has 11 nitrogen and oxygen atoms in total. The Bertz CT molecular complexity index is 811. The van der Waals surface area contributed by atoms with Gasteiger partial charge in [-0.25, -0.2) is 4.99 Å². The fraction of sp³-hybridized carbons (Fsp3) is 0.667. The summed E-state index contributed by atoms with van der Waals surface area (Å²) in [6.07, 6.45) is 2.38. The highest BCUT2D eigenvalue weighted by molar-refractivity contribution is 14.1. The van der Waals surface area contributed by atoms with E-state index in [0.29, 0.717) is 55.1 Å². The predicted molar refractivity (Wildman–Crippen MR) is 179 cm³/mol. The summed E-state index contributed by atoms with van der Waals surface area (Å²) >= 11 is 13.8. The van der Waals surface area contributed by atoms with E-state index in [4.69, 9.17) is 43.1 Å². The molecule has 0 atom stereocenters. The van der Waals surface area contributed by atoms with Crippen molar-refractivity contribution < 1.29 is 23.8 Å². The van der Waals surface area contributed by atoms with Crippen LogP contribution in [0.1, 0.15) is 33.1 Å². The number of amides is 1. The molecular weight excluding hydrogens is 686 g/mol. The number of nitrogens with zero attached hydrogens (tertiary/aromatic N) is 2. The van der Waals surface area contributed by atoms with Crippen molar-refractivity contribution in [1.29, 1.82) is 0 Å². The molecule has 0 aromatic heterocycles. The van der Waals surface area contributed by atoms with Gasteiger partial charge in [-0.15, -0.1) is 0 Å². The van der Waals surface area contributed by atoms with Crippen LogP contribution < -0.4 is 19.9 Å². The maximum Gasteiger partial charge on any atom is 0.247 e. The topological polar surface area (TPSA) is 140 Å². The van der Waals surface area contributed by atoms with Gasteiger partial charge in [0.05, 0.1) is 43.1 Å². The zero-order valence-electron chi connectivity index (χ0n) is 24.9. The smallest absolute Gasteiger partial charge is 0.247 e. The number of rotatable bonds is 22. The number of nitrogens with two attached hydrogens (primary N) is 1. The Hall–Kier alpha value is -1.10. The van der Waals surface area contributed by atoms with Gasteiger partial charge in [0.1, 0.15) is 18.7 Å². The molecule has 1 aromatic rings. The third kappa shape index (κ3) is 28.8. The molecule has 0 saturated carbocycles. The van der Waals surface area contributed by atoms with E-state index >= 15 is 0 Å². The van der Waals surface area contributed by atoms with Crippen LogP contribution in [0.5, 0.6) is 0 Å². The van der Waals surface area contributed by atoms with Gasteiger partial charge in [0, 0.05) is 67.6 Å². The molecule has 0 unspecified atom stereocenters. The number of hydrogen-bond acceptors (Lipinski definition) is 9. The molecule has 0 aliphatic heterocycles. The third-order valence-electron chi connectivity index (χ3n) is 4.85. The quantitative estimate of drug-likeness (QED) is 0.0348. The standard InChI is InChI=1S/C14H20Cl2N4O.C11H23IN2O4.C2H6/c1-18-7-2-3-14(21)20-13(17)6-8-19-10-4-5-11(15)12(16)9-10;1-14(3-7-16-6-2-13-12)4-8-17-10-11-18-9-5-15;1-2/h4-5,9,18-19H,2-3,6-8H2,1H3,(H2,17,20,21);5,13H,2-4,6-11H2,1H3;1-2H3. The van der Waals surface area contributed by atoms with Gasteiger partial charge < -0.3 is 40.3 Å². The molecule has 5 N–H and O–H groups in total. The zero-order chi connectivity index (χ0) is 31.1. The SMILES string of the molecule is CC.CN(CCOCCNI)CCOCCOCC=O.CNCCCC(=O)N=C(N)CCNc1ccc(Cl)c(Cl)c1. The maximum absolute atomic E-state index is 11.5. The fourth-order valence-corrected chi connectivity index (χ4v) is 3.26. The molecule has 0 spiro atoms. The number of nitrogens with one attached hydrogen (secondary N) is 3. The van der Waals surface area contributed by atoms with Crippen molar-refractivity contribution in [1.82, 2.24) is 13.7 Å². The van der Waals surface area contributed by atoms with E-state index in [-0.39, 0.29) is 12.5 Å². The third-order valence-corrected chi connectivity index (χ3v) is 6.13. The van der Waals surface area contributed by atoms with Crippen molar-refractivity contribution in [2.45, 2.75) is 33.1 Å². The number of ether oxygens (including phenoxy) is 3. The number of carbonyl (C=O) groups is 2. The van der Waals surface area contributed by atoms with Crippen LogP contribution in [-0.2, 0) is 23.8 Å². The second-order valence-electron chi connectivity index (χ2n) is 8.16. The summed E-state index contributed by atoms with van der Waals surface area (Å²) in [6, 6.07) is 5.28. The van der Waals surface area contributed by atoms with Crippen molar-refractivity contribution >= 4 is 69.8 Å². The molecule has 0 aliphatic rings. The summed E-state index contributed by atoms with van der Waals surface area (Å²) in [5.41, 5.74) is 6.57. The van der Waals surface area contributed by atoms with E-state index in [2.05, 4.69) is 46.9 Å². The first kappa shape index (κ1) is 42.0. The van der Waals surface area contributed by atoms with Crippen molar-refractivity contribution in [2.75, 3.05) is 91.8 Å². The second-order valence-corrected chi connectivity index (χ2v) is 9.74. The number of aliphatic imine (C=N–C) groups is 1. The zero-order valence-corrected chi connectivity index (χ0v) is 28.5. The monoisotopic (exact) mass is 734 g/mol. The minimum Gasteiger partial charge on any atom is -0.387 e. The Balaban J connectivity index is 0. The molecule has 0 fully saturated rings. The Labute approximate surface area is 270 Å². The summed E-state index contributed by atoms with van der Waals surface area (Å²) in [4.78, 5) is 27.5. The van der Waals surface area contributed by atoms with E-state index in [1.165, 1.54) is 0 Å². The lowest BCUT2D eigenvalue weighted by Gasteiger charge is -2.16. The molecule has 14 heteroatoms. The maximum atomic E-state index is 11.5. The highest BCUT2D eigenvalue weighted by Gasteiger charge is 2.03. The van der Waals surface area contributed by atoms with Crippen molar-refractivity contribution in [3.8, 4) is 0 Å². The number of hydrogen-bond donors (Lipinski definition) is 4. The van der Waals surface area contributed by atoms with Crippen LogP contribution in [0.4, 0.5) is 5.69 Å². The molecule has 41 heavy (non-hydrogen) atoms. The highest BCUT2D eigenvalue weighted by Crippen LogP contribution is 2.24. The summed E-state index contributed by atoms with van der Waals surface area (Å²) in [5, 5.41) is 7.12. The van der Waals surface area contributed by atoms with Crippen molar-refractivity contribution in [3.63, 3.8) is 0 Å². The molecule has 0 radical (unpaired) electrons. The minimum atomic E-state index is -0.183. The molecule has 238 valence electrons. The Morgan fingerprint density at radius 3 is 2.27 bits per heavy atom. The Kier molecular flexibility index (Phi) is 32.6. The number of benzene rings is 1. The molecule has 1 rings (SSSR count). The van der Waals surface area contributed by atoms with E-state index in [0.717, 1.165) is 57.8 Å². The summed E-state index contributed by atoms with van der Waals surface area (Å²) in [6.45, 7) is 11.3. The minimum absolute atomic E-state index is 0.146. The van der Waals surface area contributed by atoms with E-state index in [9.17, 15) is 9.59 Å². The number of anilines is 1. The average molecular weight is 736 g/mol. The van der Waals surface area contributed by atoms with Crippen LogP contribution >= 0.6 is 46.1 Å². The van der Waals surface area contributed by atoms with Gasteiger partial charge in [-0.1, -0.05) is 37.0 Å². The molecular formula is C27H49Cl2IN6O5. The van der Waals surface area contributed by atoms with Crippen molar-refractivity contribution in [2.24, 2.45) is 10.7 Å². The largest absolute Gasteiger partial charge is 0.387 e. The lowest BCUT2D eigenvalue weighted by Crippen LogP contribution is -2.28. The van der Waals surface area contributed by atoms with Crippen LogP contribution in [0.25, 0.3) is 0 Å². The molecule has 0 saturated heterocycles. The highest BCUT2D eigenvalue weighted by atomic mass is 127. The first-order valence-corrected chi connectivity index (χ1v) is 15.6. The Morgan fingerprint density at radius 2 is 1.66 bits per heavy atom. The lowest BCUT2D eigenvalue weighted by molar-refractivity contribution is -0.117. The average Bonchev–Trinajstić information content (AvgIpc) is 2.96. The lowest BCUT2D eigenvalue weighted by atomic mass is 10.3. The van der Waals surface area contributed by atoms with Gasteiger partial charge in [-0.3, -0.25) is 8.32 Å². The first-order chi connectivity index (χ1) is 19.8. The predicted octanol–water partition coefficient (Wildman–Crippen LogP) is 3.81. The number of aldehydes is 1. The van der Waals surface area contributed by atoms with Gasteiger partial charge in [0.25, 0.3) is 0 Å². The molecule has 1 amide bonds. The van der Waals surface area contributed by atoms with Gasteiger partial charge in [0.15, 0.2) is 0 Å². The number of likely N-dealkylation sites (N-methyl/N-ethyl adjacent to an activating group) is 1. The van der Waals surface area contributed by atoms with Crippen LogP contribution in [0, 0.1) is 0 Å². The molecule has 1 aromatic carbocycles. The van der Waals surface area contributed by atoms with Gasteiger partial charge in [-0.05, 0) is 45.3 Å². The normalized spacial score (nSPS) is 10.9.